The molecule has 2 heterocycles. The molecule has 1 atom stereocenters. The second-order valence-corrected chi connectivity index (χ2v) is 8.98. The number of hydrogen-bond acceptors (Lipinski definition) is 4. The highest BCUT2D eigenvalue weighted by atomic mass is 16.7. The van der Waals surface area contributed by atoms with E-state index in [4.69, 9.17) is 9.31 Å². The molecule has 5 heteroatoms. The number of likely N-dealkylation sites (N-methyl/N-ethyl adjacent to an activating group) is 1. The molecule has 0 aliphatic carbocycles. The van der Waals surface area contributed by atoms with Gasteiger partial charge in [0.25, 0.3) is 0 Å². The van der Waals surface area contributed by atoms with Crippen LogP contribution in [0.15, 0.2) is 24.3 Å². The summed E-state index contributed by atoms with van der Waals surface area (Å²) in [5.41, 5.74) is 1.90. The lowest BCUT2D eigenvalue weighted by atomic mass is 9.79. The molecule has 0 radical (unpaired) electrons. The van der Waals surface area contributed by atoms with E-state index in [-0.39, 0.29) is 18.3 Å². The van der Waals surface area contributed by atoms with Crippen LogP contribution in [0.4, 0.5) is 0 Å². The van der Waals surface area contributed by atoms with Gasteiger partial charge in [0.2, 0.25) is 0 Å². The van der Waals surface area contributed by atoms with Gasteiger partial charge in [-0.1, -0.05) is 31.2 Å². The van der Waals surface area contributed by atoms with Crippen molar-refractivity contribution >= 4 is 12.6 Å². The highest BCUT2D eigenvalue weighted by Crippen LogP contribution is 2.36. The molecule has 4 nitrogen and oxygen atoms in total. The van der Waals surface area contributed by atoms with Gasteiger partial charge >= 0.3 is 7.12 Å². The van der Waals surface area contributed by atoms with Crippen molar-refractivity contribution in [3.8, 4) is 0 Å². The first-order valence-corrected chi connectivity index (χ1v) is 10.1. The molecule has 2 saturated heterocycles. The third kappa shape index (κ3) is 4.17. The van der Waals surface area contributed by atoms with E-state index in [1.807, 2.05) is 0 Å². The van der Waals surface area contributed by atoms with Gasteiger partial charge < -0.3 is 14.2 Å². The molecule has 1 aromatic rings. The lowest BCUT2D eigenvalue weighted by Gasteiger charge is -2.32. The van der Waals surface area contributed by atoms with Crippen molar-refractivity contribution in [1.82, 2.24) is 9.80 Å². The van der Waals surface area contributed by atoms with E-state index in [1.54, 1.807) is 0 Å². The molecule has 3 rings (SSSR count). The molecule has 144 valence electrons. The van der Waals surface area contributed by atoms with Crippen LogP contribution in [-0.4, -0.2) is 60.8 Å². The average molecular weight is 358 g/mol. The molecule has 26 heavy (non-hydrogen) atoms. The first-order chi connectivity index (χ1) is 12.2. The first-order valence-electron chi connectivity index (χ1n) is 10.1. The van der Waals surface area contributed by atoms with Gasteiger partial charge in [0.15, 0.2) is 0 Å². The summed E-state index contributed by atoms with van der Waals surface area (Å²) >= 11 is 0. The lowest BCUT2D eigenvalue weighted by molar-refractivity contribution is 0.00578. The highest BCUT2D eigenvalue weighted by Gasteiger charge is 2.51. The standard InChI is InChI=1S/C21H35BN2O2/c1-7-19-16-23(6)13-8-14-24(19)15-17-9-11-18(12-10-17)22-25-20(2,3)21(4,5)26-22/h9-12,19H,7-8,13-16H2,1-6H3. The Morgan fingerprint density at radius 1 is 1.04 bits per heavy atom. The maximum absolute atomic E-state index is 6.16. The molecular weight excluding hydrogens is 323 g/mol. The van der Waals surface area contributed by atoms with E-state index in [0.717, 1.165) is 12.0 Å². The SMILES string of the molecule is CCC1CN(C)CCCN1Cc1ccc(B2OC(C)(C)C(C)(C)O2)cc1. The van der Waals surface area contributed by atoms with Crippen LogP contribution in [0.5, 0.6) is 0 Å². The third-order valence-electron chi connectivity index (χ3n) is 6.39. The second kappa shape index (κ2) is 7.63. The van der Waals surface area contributed by atoms with Crippen LogP contribution >= 0.6 is 0 Å². The molecule has 2 aliphatic heterocycles. The molecule has 1 unspecified atom stereocenters. The Kier molecular flexibility index (Phi) is 5.83. The molecular formula is C21H35BN2O2. The van der Waals surface area contributed by atoms with Crippen LogP contribution < -0.4 is 5.46 Å². The van der Waals surface area contributed by atoms with Gasteiger partial charge in [-0.2, -0.15) is 0 Å². The lowest BCUT2D eigenvalue weighted by Crippen LogP contribution is -2.41. The van der Waals surface area contributed by atoms with Crippen molar-refractivity contribution in [2.75, 3.05) is 26.7 Å². The van der Waals surface area contributed by atoms with E-state index < -0.39 is 0 Å². The zero-order chi connectivity index (χ0) is 18.9. The van der Waals surface area contributed by atoms with Gasteiger partial charge in [0, 0.05) is 25.7 Å². The number of nitrogens with zero attached hydrogens (tertiary/aromatic N) is 2. The Morgan fingerprint density at radius 3 is 2.23 bits per heavy atom. The predicted octanol–water partition coefficient (Wildman–Crippen LogP) is 2.90. The van der Waals surface area contributed by atoms with Crippen LogP contribution in [0.3, 0.4) is 0 Å². The Bertz CT molecular complexity index is 587. The van der Waals surface area contributed by atoms with E-state index in [1.165, 1.54) is 38.0 Å². The Balaban J connectivity index is 1.66. The molecule has 0 spiro atoms. The van der Waals surface area contributed by atoms with E-state index in [0.29, 0.717) is 6.04 Å². The summed E-state index contributed by atoms with van der Waals surface area (Å²) in [7, 11) is 1.97. The molecule has 2 fully saturated rings. The first kappa shape index (κ1) is 19.9. The minimum absolute atomic E-state index is 0.274. The summed E-state index contributed by atoms with van der Waals surface area (Å²) in [6.07, 6.45) is 2.45. The van der Waals surface area contributed by atoms with Crippen LogP contribution in [0.25, 0.3) is 0 Å². The predicted molar refractivity (Wildman–Crippen MR) is 109 cm³/mol. The van der Waals surface area contributed by atoms with Crippen LogP contribution in [0.1, 0.15) is 53.0 Å². The molecule has 2 aliphatic rings. The Labute approximate surface area is 160 Å². The molecule has 0 bridgehead atoms. The van der Waals surface area contributed by atoms with E-state index in [9.17, 15) is 0 Å². The minimum atomic E-state index is -0.289. The molecule has 0 aromatic heterocycles. The van der Waals surface area contributed by atoms with Crippen LogP contribution in [0, 0.1) is 0 Å². The fraction of sp³-hybridized carbons (Fsp3) is 0.714. The summed E-state index contributed by atoms with van der Waals surface area (Å²) in [6.45, 7) is 15.3. The Hall–Kier alpha value is -0.875. The number of rotatable bonds is 4. The average Bonchev–Trinajstić information content (AvgIpc) is 2.70. The van der Waals surface area contributed by atoms with E-state index in [2.05, 4.69) is 75.7 Å². The summed E-state index contributed by atoms with van der Waals surface area (Å²) in [5, 5.41) is 0. The largest absolute Gasteiger partial charge is 0.494 e. The van der Waals surface area contributed by atoms with Crippen molar-refractivity contribution in [2.45, 2.75) is 71.2 Å². The van der Waals surface area contributed by atoms with Crippen molar-refractivity contribution < 1.29 is 9.31 Å². The molecule has 0 N–H and O–H groups in total. The van der Waals surface area contributed by atoms with Gasteiger partial charge in [0.05, 0.1) is 11.2 Å². The van der Waals surface area contributed by atoms with Gasteiger partial charge in [0.1, 0.15) is 0 Å². The van der Waals surface area contributed by atoms with Gasteiger partial charge in [-0.25, -0.2) is 0 Å². The normalized spacial score (nSPS) is 26.8. The minimum Gasteiger partial charge on any atom is -0.399 e. The van der Waals surface area contributed by atoms with Gasteiger partial charge in [-0.3, -0.25) is 4.90 Å². The summed E-state index contributed by atoms with van der Waals surface area (Å²) in [6, 6.07) is 9.46. The summed E-state index contributed by atoms with van der Waals surface area (Å²) in [5.74, 6) is 0. The third-order valence-corrected chi connectivity index (χ3v) is 6.39. The number of hydrogen-bond donors (Lipinski definition) is 0. The topological polar surface area (TPSA) is 24.9 Å². The van der Waals surface area contributed by atoms with Crippen molar-refractivity contribution in [3.63, 3.8) is 0 Å². The maximum Gasteiger partial charge on any atom is 0.494 e. The smallest absolute Gasteiger partial charge is 0.399 e. The van der Waals surface area contributed by atoms with E-state index >= 15 is 0 Å². The van der Waals surface area contributed by atoms with Crippen molar-refractivity contribution in [2.24, 2.45) is 0 Å². The Morgan fingerprint density at radius 2 is 1.65 bits per heavy atom. The van der Waals surface area contributed by atoms with Gasteiger partial charge in [-0.15, -0.1) is 0 Å². The highest BCUT2D eigenvalue weighted by molar-refractivity contribution is 6.62. The molecule has 1 aromatic carbocycles. The fourth-order valence-electron chi connectivity index (χ4n) is 3.88. The quantitative estimate of drug-likeness (QED) is 0.773. The second-order valence-electron chi connectivity index (χ2n) is 8.98. The van der Waals surface area contributed by atoms with Crippen molar-refractivity contribution in [3.05, 3.63) is 29.8 Å². The maximum atomic E-state index is 6.16. The fourth-order valence-corrected chi connectivity index (χ4v) is 3.88. The molecule has 0 amide bonds. The van der Waals surface area contributed by atoms with Crippen LogP contribution in [0.2, 0.25) is 0 Å². The summed E-state index contributed by atoms with van der Waals surface area (Å²) < 4.78 is 12.3. The number of benzene rings is 1. The van der Waals surface area contributed by atoms with Crippen LogP contribution in [-0.2, 0) is 15.9 Å². The monoisotopic (exact) mass is 358 g/mol. The zero-order valence-electron chi connectivity index (χ0n) is 17.4. The van der Waals surface area contributed by atoms with Crippen molar-refractivity contribution in [1.29, 1.82) is 0 Å². The van der Waals surface area contributed by atoms with Gasteiger partial charge in [-0.05, 0) is 65.2 Å². The molecule has 0 saturated carbocycles. The zero-order valence-corrected chi connectivity index (χ0v) is 17.4. The summed E-state index contributed by atoms with van der Waals surface area (Å²) in [4.78, 5) is 5.11.